The van der Waals surface area contributed by atoms with E-state index < -0.39 is 0 Å². The molecule has 0 atom stereocenters. The van der Waals surface area contributed by atoms with E-state index in [0.29, 0.717) is 24.5 Å². The Labute approximate surface area is 107 Å². The summed E-state index contributed by atoms with van der Waals surface area (Å²) < 4.78 is 14.1. The highest BCUT2D eigenvalue weighted by Gasteiger charge is 2.31. The minimum atomic E-state index is -0.335. The van der Waals surface area contributed by atoms with Gasteiger partial charge in [-0.15, -0.1) is 0 Å². The minimum Gasteiger partial charge on any atom is -0.361 e. The van der Waals surface area contributed by atoms with E-state index in [9.17, 15) is 4.39 Å². The molecule has 4 nitrogen and oxygen atoms in total. The molecule has 18 heavy (non-hydrogen) atoms. The fraction of sp³-hybridized carbons (Fsp3) is 0.692. The monoisotopic (exact) mass is 252 g/mol. The smallest absolute Gasteiger partial charge is 0.186 e. The summed E-state index contributed by atoms with van der Waals surface area (Å²) in [6.45, 7) is 2.40. The summed E-state index contributed by atoms with van der Waals surface area (Å²) in [6.07, 6.45) is 7.45. The number of rotatable bonds is 4. The first-order valence-electron chi connectivity index (χ1n) is 6.68. The topological polar surface area (TPSA) is 63.8 Å². The Kier molecular flexibility index (Phi) is 4.11. The minimum absolute atomic E-state index is 0.196. The third-order valence-electron chi connectivity index (χ3n) is 3.78. The SMILES string of the molecule is CCc1ncnc(NC2(CN)CCCCC2)c1F. The number of hydrogen-bond donors (Lipinski definition) is 2. The molecule has 1 aliphatic carbocycles. The summed E-state index contributed by atoms with van der Waals surface area (Å²) in [7, 11) is 0. The van der Waals surface area contributed by atoms with E-state index in [-0.39, 0.29) is 11.4 Å². The van der Waals surface area contributed by atoms with Crippen LogP contribution in [-0.2, 0) is 6.42 Å². The lowest BCUT2D eigenvalue weighted by molar-refractivity contribution is 0.328. The van der Waals surface area contributed by atoms with Gasteiger partial charge in [-0.05, 0) is 19.3 Å². The molecule has 1 aromatic heterocycles. The number of aromatic nitrogens is 2. The first-order chi connectivity index (χ1) is 8.71. The van der Waals surface area contributed by atoms with Crippen molar-refractivity contribution in [3.63, 3.8) is 0 Å². The van der Waals surface area contributed by atoms with Crippen LogP contribution in [0, 0.1) is 5.82 Å². The molecule has 0 saturated heterocycles. The van der Waals surface area contributed by atoms with Crippen molar-refractivity contribution in [2.75, 3.05) is 11.9 Å². The normalized spacial score (nSPS) is 18.6. The second-order valence-electron chi connectivity index (χ2n) is 5.01. The van der Waals surface area contributed by atoms with Crippen LogP contribution in [-0.4, -0.2) is 22.1 Å². The lowest BCUT2D eigenvalue weighted by Gasteiger charge is -2.37. The van der Waals surface area contributed by atoms with Gasteiger partial charge in [0.2, 0.25) is 0 Å². The molecule has 0 aromatic carbocycles. The van der Waals surface area contributed by atoms with Crippen LogP contribution in [0.2, 0.25) is 0 Å². The first kappa shape index (κ1) is 13.2. The largest absolute Gasteiger partial charge is 0.361 e. The van der Waals surface area contributed by atoms with Gasteiger partial charge in [0.15, 0.2) is 11.6 Å². The Morgan fingerprint density at radius 2 is 2.06 bits per heavy atom. The molecule has 3 N–H and O–H groups in total. The van der Waals surface area contributed by atoms with Gasteiger partial charge in [-0.2, -0.15) is 0 Å². The Morgan fingerprint density at radius 3 is 2.67 bits per heavy atom. The standard InChI is InChI=1S/C13H21FN4/c1-2-10-11(14)12(17-9-16-10)18-13(8-15)6-4-3-5-7-13/h9H,2-8,15H2,1H3,(H,16,17,18). The van der Waals surface area contributed by atoms with Crippen LogP contribution in [0.25, 0.3) is 0 Å². The second-order valence-corrected chi connectivity index (χ2v) is 5.01. The van der Waals surface area contributed by atoms with Gasteiger partial charge in [0.05, 0.1) is 11.2 Å². The maximum atomic E-state index is 14.1. The molecule has 1 saturated carbocycles. The van der Waals surface area contributed by atoms with Crippen LogP contribution in [0.3, 0.4) is 0 Å². The van der Waals surface area contributed by atoms with Crippen molar-refractivity contribution < 1.29 is 4.39 Å². The van der Waals surface area contributed by atoms with Crippen molar-refractivity contribution in [1.82, 2.24) is 9.97 Å². The van der Waals surface area contributed by atoms with Crippen LogP contribution in [0.4, 0.5) is 10.2 Å². The first-order valence-corrected chi connectivity index (χ1v) is 6.68. The molecule has 2 rings (SSSR count). The van der Waals surface area contributed by atoms with E-state index in [2.05, 4.69) is 15.3 Å². The van der Waals surface area contributed by atoms with E-state index >= 15 is 0 Å². The highest BCUT2D eigenvalue weighted by molar-refractivity contribution is 5.40. The van der Waals surface area contributed by atoms with Crippen LogP contribution in [0.15, 0.2) is 6.33 Å². The number of halogens is 1. The number of nitrogens with two attached hydrogens (primary N) is 1. The molecule has 0 radical (unpaired) electrons. The van der Waals surface area contributed by atoms with E-state index in [4.69, 9.17) is 5.73 Å². The molecule has 5 heteroatoms. The molecule has 0 bridgehead atoms. The molecule has 1 aromatic rings. The van der Waals surface area contributed by atoms with Crippen molar-refractivity contribution in [1.29, 1.82) is 0 Å². The summed E-state index contributed by atoms with van der Waals surface area (Å²) in [5.41, 5.74) is 6.14. The third-order valence-corrected chi connectivity index (χ3v) is 3.78. The summed E-state index contributed by atoms with van der Waals surface area (Å²) >= 11 is 0. The fourth-order valence-corrected chi connectivity index (χ4v) is 2.60. The van der Waals surface area contributed by atoms with E-state index in [1.54, 1.807) is 0 Å². The Morgan fingerprint density at radius 1 is 1.33 bits per heavy atom. The number of nitrogens with one attached hydrogen (secondary N) is 1. The highest BCUT2D eigenvalue weighted by atomic mass is 19.1. The maximum Gasteiger partial charge on any atom is 0.186 e. The quantitative estimate of drug-likeness (QED) is 0.862. The third kappa shape index (κ3) is 2.61. The zero-order valence-electron chi connectivity index (χ0n) is 10.9. The van der Waals surface area contributed by atoms with Crippen LogP contribution in [0.1, 0.15) is 44.7 Å². The van der Waals surface area contributed by atoms with Crippen molar-refractivity contribution in [2.45, 2.75) is 51.0 Å². The lowest BCUT2D eigenvalue weighted by Crippen LogP contribution is -2.47. The van der Waals surface area contributed by atoms with Crippen molar-refractivity contribution in [2.24, 2.45) is 5.73 Å². The van der Waals surface area contributed by atoms with Gasteiger partial charge in [-0.25, -0.2) is 14.4 Å². The van der Waals surface area contributed by atoms with E-state index in [1.807, 2.05) is 6.92 Å². The Balaban J connectivity index is 2.21. The van der Waals surface area contributed by atoms with Crippen LogP contribution in [0.5, 0.6) is 0 Å². The molecule has 100 valence electrons. The van der Waals surface area contributed by atoms with Gasteiger partial charge in [0.1, 0.15) is 6.33 Å². The highest BCUT2D eigenvalue weighted by Crippen LogP contribution is 2.31. The number of hydrogen-bond acceptors (Lipinski definition) is 4. The molecule has 0 aliphatic heterocycles. The van der Waals surface area contributed by atoms with Gasteiger partial charge in [0.25, 0.3) is 0 Å². The van der Waals surface area contributed by atoms with Crippen LogP contribution >= 0.6 is 0 Å². The Hall–Kier alpha value is -1.23. The predicted molar refractivity (Wildman–Crippen MR) is 69.9 cm³/mol. The molecule has 1 heterocycles. The summed E-state index contributed by atoms with van der Waals surface area (Å²) in [4.78, 5) is 7.96. The molecule has 0 spiro atoms. The van der Waals surface area contributed by atoms with Gasteiger partial charge in [0, 0.05) is 6.54 Å². The zero-order chi connectivity index (χ0) is 13.0. The van der Waals surface area contributed by atoms with Crippen molar-refractivity contribution >= 4 is 5.82 Å². The molecular weight excluding hydrogens is 231 g/mol. The molecule has 0 unspecified atom stereocenters. The van der Waals surface area contributed by atoms with Gasteiger partial charge < -0.3 is 11.1 Å². The maximum absolute atomic E-state index is 14.1. The summed E-state index contributed by atoms with van der Waals surface area (Å²) in [6, 6.07) is 0. The molecule has 1 fully saturated rings. The summed E-state index contributed by atoms with van der Waals surface area (Å²) in [5, 5.41) is 3.24. The average molecular weight is 252 g/mol. The van der Waals surface area contributed by atoms with Crippen LogP contribution < -0.4 is 11.1 Å². The predicted octanol–water partition coefficient (Wildman–Crippen LogP) is 2.25. The fourth-order valence-electron chi connectivity index (χ4n) is 2.60. The van der Waals surface area contributed by atoms with E-state index in [0.717, 1.165) is 25.7 Å². The van der Waals surface area contributed by atoms with Gasteiger partial charge in [-0.1, -0.05) is 26.2 Å². The van der Waals surface area contributed by atoms with Gasteiger partial charge in [-0.3, -0.25) is 0 Å². The average Bonchev–Trinajstić information content (AvgIpc) is 2.42. The van der Waals surface area contributed by atoms with Gasteiger partial charge >= 0.3 is 0 Å². The number of aryl methyl sites for hydroxylation is 1. The second kappa shape index (κ2) is 5.61. The zero-order valence-corrected chi connectivity index (χ0v) is 10.9. The molecular formula is C13H21FN4. The van der Waals surface area contributed by atoms with E-state index in [1.165, 1.54) is 12.7 Å². The Bertz CT molecular complexity index is 402. The molecule has 1 aliphatic rings. The summed E-state index contributed by atoms with van der Waals surface area (Å²) in [5.74, 6) is -0.0346. The van der Waals surface area contributed by atoms with Crippen molar-refractivity contribution in [3.05, 3.63) is 17.8 Å². The number of nitrogens with zero attached hydrogens (tertiary/aromatic N) is 2. The molecule has 0 amide bonds. The lowest BCUT2D eigenvalue weighted by atomic mass is 9.81. The number of anilines is 1. The van der Waals surface area contributed by atoms with Crippen molar-refractivity contribution in [3.8, 4) is 0 Å².